The number of hydrogen-bond acceptors (Lipinski definition) is 0. The zero-order valence-corrected chi connectivity index (χ0v) is 11.6. The second-order valence-electron chi connectivity index (χ2n) is 2.64. The maximum atomic E-state index is 2.33. The van der Waals surface area contributed by atoms with Crippen LogP contribution < -0.4 is 24.8 Å². The van der Waals surface area contributed by atoms with Crippen LogP contribution in [0.1, 0.15) is 20.8 Å². The fourth-order valence-corrected chi connectivity index (χ4v) is 2.78. The Balaban J connectivity index is 0. The summed E-state index contributed by atoms with van der Waals surface area (Å²) in [7, 11) is 1.50. The summed E-state index contributed by atoms with van der Waals surface area (Å²) in [6, 6.07) is 0. The molecule has 0 aromatic rings. The van der Waals surface area contributed by atoms with Crippen molar-refractivity contribution in [1.82, 2.24) is 0 Å². The van der Waals surface area contributed by atoms with Gasteiger partial charge >= 0.3 is 73.5 Å². The summed E-state index contributed by atoms with van der Waals surface area (Å²) >= 11 is 1.64. The van der Waals surface area contributed by atoms with Crippen molar-refractivity contribution in [2.45, 2.75) is 23.6 Å². The molecule has 0 fully saturated rings. The fourth-order valence-electron chi connectivity index (χ4n) is 0.804. The molecule has 1 aliphatic heterocycles. The van der Waals surface area contributed by atoms with Crippen LogP contribution in [0.3, 0.4) is 0 Å². The molecule has 1 heterocycles. The van der Waals surface area contributed by atoms with Crippen LogP contribution >= 0.6 is 8.20 Å². The van der Waals surface area contributed by atoms with Crippen molar-refractivity contribution in [2.24, 2.45) is 0 Å². The molecule has 0 nitrogen and oxygen atoms in total. The Morgan fingerprint density at radius 1 is 1.36 bits per heavy atom. The summed E-state index contributed by atoms with van der Waals surface area (Å²) in [5.41, 5.74) is 3.08. The van der Waals surface area contributed by atoms with Gasteiger partial charge in [-0.2, -0.15) is 0 Å². The van der Waals surface area contributed by atoms with Crippen LogP contribution in [0, 0.1) is 0 Å². The van der Waals surface area contributed by atoms with Crippen LogP contribution in [-0.4, -0.2) is 8.66 Å². The Bertz CT molecular complexity index is 197. The smallest absolute Gasteiger partial charge is 1.00 e. The maximum absolute atomic E-state index is 2.33. The third-order valence-electron chi connectivity index (χ3n) is 1.84. The van der Waals surface area contributed by atoms with E-state index in [0.717, 1.165) is 0 Å². The zero-order valence-electron chi connectivity index (χ0n) is 6.78. The molecule has 0 saturated carbocycles. The van der Waals surface area contributed by atoms with Crippen molar-refractivity contribution >= 4 is 14.0 Å². The Hall–Kier alpha value is 1.37. The van der Waals surface area contributed by atoms with E-state index in [2.05, 4.69) is 26.6 Å². The van der Waals surface area contributed by atoms with Gasteiger partial charge in [0.2, 0.25) is 0 Å². The molecule has 1 atom stereocenters. The Morgan fingerprint density at radius 3 is 1.91 bits per heavy atom. The molecule has 4 heteroatoms. The van der Waals surface area contributed by atoms with Gasteiger partial charge in [0.25, 0.3) is 0 Å². The monoisotopic (exact) mass is 285 g/mol. The molecule has 0 bridgehead atoms. The first kappa shape index (κ1) is 14.9. The molecule has 0 spiro atoms. The van der Waals surface area contributed by atoms with Gasteiger partial charge in [-0.15, -0.1) is 0 Å². The normalized spacial score (nSPS) is 29.5. The van der Waals surface area contributed by atoms with Crippen molar-refractivity contribution < 1.29 is 49.5 Å². The summed E-state index contributed by atoms with van der Waals surface area (Å²) in [5, 5.41) is 0. The summed E-state index contributed by atoms with van der Waals surface area (Å²) in [6.07, 6.45) is 0. The van der Waals surface area contributed by atoms with Gasteiger partial charge in [0.1, 0.15) is 0 Å². The largest absolute Gasteiger partial charge is 1.00 e. The average Bonchev–Trinajstić information content (AvgIpc) is 1.97. The van der Waals surface area contributed by atoms with Gasteiger partial charge in [0.05, 0.1) is 0 Å². The first-order valence-electron chi connectivity index (χ1n) is 3.02. The van der Waals surface area contributed by atoms with Gasteiger partial charge in [-0.25, -0.2) is 0 Å². The minimum Gasteiger partial charge on any atom is -1.00 e. The summed E-state index contributed by atoms with van der Waals surface area (Å²) in [6.45, 7) is 6.79. The molecule has 1 aliphatic rings. The van der Waals surface area contributed by atoms with E-state index >= 15 is 0 Å². The Labute approximate surface area is 97.7 Å². The third kappa shape index (κ3) is 3.31. The van der Waals surface area contributed by atoms with Crippen molar-refractivity contribution in [3.63, 3.8) is 0 Å². The van der Waals surface area contributed by atoms with E-state index < -0.39 is 0 Å². The number of hydrogen-bond donors (Lipinski definition) is 0. The second kappa shape index (κ2) is 5.18. The first-order chi connectivity index (χ1) is 4.04. The molecule has 0 amide bonds. The molecule has 0 aromatic heterocycles. The minimum atomic E-state index is 0. The van der Waals surface area contributed by atoms with Gasteiger partial charge in [-0.3, -0.25) is 0 Å². The molecule has 11 heavy (non-hydrogen) atoms. The quantitative estimate of drug-likeness (QED) is 0.403. The number of allylic oxidation sites excluding steroid dienone is 2. The Morgan fingerprint density at radius 2 is 1.82 bits per heavy atom. The van der Waals surface area contributed by atoms with Crippen LogP contribution in [-0.2, 0) is 24.7 Å². The molecule has 61 valence electrons. The summed E-state index contributed by atoms with van der Waals surface area (Å²) < 4.78 is 0.511. The summed E-state index contributed by atoms with van der Waals surface area (Å²) in [5.74, 6) is 2.32. The van der Waals surface area contributed by atoms with Gasteiger partial charge in [0, 0.05) is 0 Å². The molecular formula is C7H10Cl2PZr. The van der Waals surface area contributed by atoms with Crippen molar-refractivity contribution in [1.29, 1.82) is 0 Å². The van der Waals surface area contributed by atoms with E-state index in [1.54, 1.807) is 30.3 Å². The van der Waals surface area contributed by atoms with E-state index in [1.165, 1.54) is 13.8 Å². The van der Waals surface area contributed by atoms with Crippen LogP contribution in [0.25, 0.3) is 0 Å². The standard InChI is InChI=1S/C7H10P.2ClH.Zr/c1-5-4-8-7(3)6(5)2;;;/h4H,1-3H3;2*1H;/q;;;+2/p-2. The third-order valence-corrected chi connectivity index (χ3v) is 5.08. The van der Waals surface area contributed by atoms with Gasteiger partial charge in [0.15, 0.2) is 0 Å². The van der Waals surface area contributed by atoms with Crippen LogP contribution in [0.2, 0.25) is 0 Å². The number of rotatable bonds is 0. The molecule has 0 radical (unpaired) electrons. The number of halogens is 2. The van der Waals surface area contributed by atoms with Crippen molar-refractivity contribution in [3.05, 3.63) is 11.1 Å². The van der Waals surface area contributed by atoms with Crippen molar-refractivity contribution in [3.8, 4) is 0 Å². The predicted octanol–water partition coefficient (Wildman–Crippen LogP) is -3.64. The van der Waals surface area contributed by atoms with E-state index in [4.69, 9.17) is 0 Å². The Kier molecular flexibility index (Phi) is 7.00. The van der Waals surface area contributed by atoms with Crippen LogP contribution in [0.4, 0.5) is 0 Å². The van der Waals surface area contributed by atoms with Gasteiger partial charge < -0.3 is 24.8 Å². The molecule has 0 N–H and O–H groups in total. The molecule has 0 aliphatic carbocycles. The van der Waals surface area contributed by atoms with Crippen molar-refractivity contribution in [2.75, 3.05) is 0 Å². The molecule has 1 unspecified atom stereocenters. The first-order valence-corrected chi connectivity index (χ1v) is 5.21. The summed E-state index contributed by atoms with van der Waals surface area (Å²) in [4.78, 5) is 0. The molecule has 0 saturated heterocycles. The van der Waals surface area contributed by atoms with E-state index in [1.807, 2.05) is 0 Å². The zero-order chi connectivity index (χ0) is 7.07. The molecule has 1 rings (SSSR count). The maximum Gasteiger partial charge on any atom is -1.00 e. The van der Waals surface area contributed by atoms with Gasteiger partial charge in [-0.05, 0) is 0 Å². The average molecular weight is 287 g/mol. The van der Waals surface area contributed by atoms with Crippen LogP contribution in [0.5, 0.6) is 0 Å². The molecular weight excluding hydrogens is 277 g/mol. The minimum absolute atomic E-state index is 0. The van der Waals surface area contributed by atoms with E-state index in [-0.39, 0.29) is 24.8 Å². The predicted molar refractivity (Wildman–Crippen MR) is 39.8 cm³/mol. The fraction of sp³-hybridized carbons (Fsp3) is 0.571. The topological polar surface area (TPSA) is 0 Å². The van der Waals surface area contributed by atoms with E-state index in [9.17, 15) is 0 Å². The van der Waals surface area contributed by atoms with Gasteiger partial charge in [-0.1, -0.05) is 0 Å². The van der Waals surface area contributed by atoms with Crippen LogP contribution in [0.15, 0.2) is 11.1 Å². The second-order valence-corrected chi connectivity index (χ2v) is 7.54. The van der Waals surface area contributed by atoms with E-state index in [0.29, 0.717) is 2.86 Å². The molecule has 0 aromatic carbocycles. The SMILES string of the molecule is CC1=C(C)[C](C)([Zr+2])P=C1.[Cl-].[Cl-].